The molecule has 2 N–H and O–H groups in total. The van der Waals surface area contributed by atoms with Gasteiger partial charge < -0.3 is 15.2 Å². The van der Waals surface area contributed by atoms with Crippen LogP contribution in [0.5, 0.6) is 0 Å². The number of anilines is 1. The molecule has 140 valence electrons. The van der Waals surface area contributed by atoms with Crippen LogP contribution in [0.15, 0.2) is 66.9 Å². The summed E-state index contributed by atoms with van der Waals surface area (Å²) in [6.45, 7) is 0.445. The maximum atomic E-state index is 12.5. The predicted octanol–water partition coefficient (Wildman–Crippen LogP) is 3.62. The number of para-hydroxylation sites is 2. The SMILES string of the molecule is CN(C)c1ncccc1C(=O)NCc1ccc(-c2nc3ccccc3[nH]2)cc1. The number of aromatic nitrogens is 3. The Morgan fingerprint density at radius 3 is 2.57 bits per heavy atom. The number of pyridine rings is 1. The molecule has 6 nitrogen and oxygen atoms in total. The van der Waals surface area contributed by atoms with Crippen molar-refractivity contribution in [1.29, 1.82) is 0 Å². The molecule has 2 aromatic carbocycles. The van der Waals surface area contributed by atoms with Crippen molar-refractivity contribution in [2.45, 2.75) is 6.54 Å². The van der Waals surface area contributed by atoms with Gasteiger partial charge in [-0.25, -0.2) is 9.97 Å². The first-order valence-electron chi connectivity index (χ1n) is 9.06. The molecule has 0 atom stereocenters. The number of H-pyrrole nitrogens is 1. The number of imidazole rings is 1. The highest BCUT2D eigenvalue weighted by Crippen LogP contribution is 2.21. The maximum absolute atomic E-state index is 12.5. The molecular formula is C22H21N5O. The van der Waals surface area contributed by atoms with Gasteiger partial charge in [-0.2, -0.15) is 0 Å². The monoisotopic (exact) mass is 371 g/mol. The molecule has 0 aliphatic heterocycles. The van der Waals surface area contributed by atoms with E-state index in [9.17, 15) is 4.79 Å². The fraction of sp³-hybridized carbons (Fsp3) is 0.136. The number of benzene rings is 2. The van der Waals surface area contributed by atoms with E-state index >= 15 is 0 Å². The van der Waals surface area contributed by atoms with Gasteiger partial charge in [0.15, 0.2) is 0 Å². The Labute approximate surface area is 163 Å². The van der Waals surface area contributed by atoms with E-state index < -0.39 is 0 Å². The van der Waals surface area contributed by atoms with Crippen LogP contribution < -0.4 is 10.2 Å². The van der Waals surface area contributed by atoms with E-state index in [1.165, 1.54) is 0 Å². The fourth-order valence-electron chi connectivity index (χ4n) is 3.08. The number of amides is 1. The summed E-state index contributed by atoms with van der Waals surface area (Å²) in [6.07, 6.45) is 1.68. The summed E-state index contributed by atoms with van der Waals surface area (Å²) in [5, 5.41) is 2.96. The number of nitrogens with one attached hydrogen (secondary N) is 2. The Bertz CT molecular complexity index is 1080. The number of rotatable bonds is 5. The maximum Gasteiger partial charge on any atom is 0.255 e. The van der Waals surface area contributed by atoms with Crippen molar-refractivity contribution in [3.8, 4) is 11.4 Å². The lowest BCUT2D eigenvalue weighted by Gasteiger charge is -2.15. The van der Waals surface area contributed by atoms with Crippen LogP contribution in [0.2, 0.25) is 0 Å². The number of nitrogens with zero attached hydrogens (tertiary/aromatic N) is 3. The highest BCUT2D eigenvalue weighted by molar-refractivity contribution is 5.98. The lowest BCUT2D eigenvalue weighted by Crippen LogP contribution is -2.25. The summed E-state index contributed by atoms with van der Waals surface area (Å²) in [5.41, 5.74) is 4.55. The van der Waals surface area contributed by atoms with Gasteiger partial charge in [-0.3, -0.25) is 4.79 Å². The Morgan fingerprint density at radius 2 is 1.82 bits per heavy atom. The van der Waals surface area contributed by atoms with Crippen LogP contribution in [0.3, 0.4) is 0 Å². The number of aromatic amines is 1. The first kappa shape index (κ1) is 17.7. The highest BCUT2D eigenvalue weighted by atomic mass is 16.1. The average molecular weight is 371 g/mol. The molecule has 0 radical (unpaired) electrons. The first-order valence-corrected chi connectivity index (χ1v) is 9.06. The number of hydrogen-bond acceptors (Lipinski definition) is 4. The molecule has 0 saturated carbocycles. The van der Waals surface area contributed by atoms with Gasteiger partial charge in [0.05, 0.1) is 16.6 Å². The van der Waals surface area contributed by atoms with E-state index in [0.29, 0.717) is 17.9 Å². The van der Waals surface area contributed by atoms with Crippen LogP contribution in [0.1, 0.15) is 15.9 Å². The number of fused-ring (bicyclic) bond motifs is 1. The Hall–Kier alpha value is -3.67. The van der Waals surface area contributed by atoms with Gasteiger partial charge in [-0.05, 0) is 29.8 Å². The van der Waals surface area contributed by atoms with E-state index in [4.69, 9.17) is 0 Å². The van der Waals surface area contributed by atoms with E-state index in [0.717, 1.165) is 28.0 Å². The second-order valence-corrected chi connectivity index (χ2v) is 6.75. The van der Waals surface area contributed by atoms with Gasteiger partial charge in [-0.15, -0.1) is 0 Å². The molecule has 4 rings (SSSR count). The fourth-order valence-corrected chi connectivity index (χ4v) is 3.08. The third-order valence-corrected chi connectivity index (χ3v) is 4.52. The Balaban J connectivity index is 1.46. The summed E-state index contributed by atoms with van der Waals surface area (Å²) in [7, 11) is 3.74. The normalized spacial score (nSPS) is 10.8. The minimum atomic E-state index is -0.141. The second kappa shape index (κ2) is 7.52. The molecule has 1 amide bonds. The molecule has 0 unspecified atom stereocenters. The standard InChI is InChI=1S/C22H21N5O/c1-27(2)21-17(6-5-13-23-21)22(28)24-14-15-9-11-16(12-10-15)20-25-18-7-3-4-8-19(18)26-20/h3-13H,14H2,1-2H3,(H,24,28)(H,25,26). The van der Waals surface area contributed by atoms with Crippen LogP contribution in [0.25, 0.3) is 22.4 Å². The minimum Gasteiger partial charge on any atom is -0.362 e. The van der Waals surface area contributed by atoms with Crippen molar-refractivity contribution < 1.29 is 4.79 Å². The third kappa shape index (κ3) is 3.57. The molecule has 6 heteroatoms. The van der Waals surface area contributed by atoms with Crippen molar-refractivity contribution >= 4 is 22.8 Å². The summed E-state index contributed by atoms with van der Waals surface area (Å²) >= 11 is 0. The molecule has 28 heavy (non-hydrogen) atoms. The summed E-state index contributed by atoms with van der Waals surface area (Å²) < 4.78 is 0. The topological polar surface area (TPSA) is 73.9 Å². The Kier molecular flexibility index (Phi) is 4.76. The molecule has 0 spiro atoms. The molecule has 0 aliphatic rings. The van der Waals surface area contributed by atoms with E-state index in [2.05, 4.69) is 20.3 Å². The van der Waals surface area contributed by atoms with Crippen LogP contribution in [0, 0.1) is 0 Å². The summed E-state index contributed by atoms with van der Waals surface area (Å²) in [4.78, 5) is 26.6. The third-order valence-electron chi connectivity index (χ3n) is 4.52. The molecule has 0 saturated heterocycles. The molecule has 2 aromatic heterocycles. The minimum absolute atomic E-state index is 0.141. The zero-order valence-electron chi connectivity index (χ0n) is 15.8. The zero-order chi connectivity index (χ0) is 19.5. The molecule has 4 aromatic rings. The van der Waals surface area contributed by atoms with Gasteiger partial charge in [-0.1, -0.05) is 36.4 Å². The molecule has 0 aliphatic carbocycles. The molecule has 0 fully saturated rings. The van der Waals surface area contributed by atoms with Crippen LogP contribution in [0.4, 0.5) is 5.82 Å². The number of carbonyl (C=O) groups excluding carboxylic acids is 1. The van der Waals surface area contributed by atoms with Crippen molar-refractivity contribution in [2.75, 3.05) is 19.0 Å². The Morgan fingerprint density at radius 1 is 1.04 bits per heavy atom. The number of hydrogen-bond donors (Lipinski definition) is 2. The largest absolute Gasteiger partial charge is 0.362 e. The van der Waals surface area contributed by atoms with Crippen LogP contribution in [-0.2, 0) is 6.54 Å². The van der Waals surface area contributed by atoms with Crippen molar-refractivity contribution in [3.63, 3.8) is 0 Å². The lowest BCUT2D eigenvalue weighted by molar-refractivity contribution is 0.0951. The van der Waals surface area contributed by atoms with Crippen LogP contribution >= 0.6 is 0 Å². The van der Waals surface area contributed by atoms with E-state index in [1.807, 2.05) is 67.5 Å². The quantitative estimate of drug-likeness (QED) is 0.562. The van der Waals surface area contributed by atoms with Gasteiger partial charge in [0, 0.05) is 32.4 Å². The van der Waals surface area contributed by atoms with Gasteiger partial charge in [0.2, 0.25) is 0 Å². The summed E-state index contributed by atoms with van der Waals surface area (Å²) in [6, 6.07) is 19.5. The molecular weight excluding hydrogens is 350 g/mol. The molecule has 2 heterocycles. The van der Waals surface area contributed by atoms with E-state index in [-0.39, 0.29) is 5.91 Å². The lowest BCUT2D eigenvalue weighted by atomic mass is 10.1. The van der Waals surface area contributed by atoms with Gasteiger partial charge >= 0.3 is 0 Å². The first-order chi connectivity index (χ1) is 13.6. The van der Waals surface area contributed by atoms with Crippen molar-refractivity contribution in [1.82, 2.24) is 20.3 Å². The number of carbonyl (C=O) groups is 1. The molecule has 0 bridgehead atoms. The van der Waals surface area contributed by atoms with Crippen molar-refractivity contribution in [3.05, 3.63) is 78.0 Å². The average Bonchev–Trinajstić information content (AvgIpc) is 3.16. The highest BCUT2D eigenvalue weighted by Gasteiger charge is 2.13. The van der Waals surface area contributed by atoms with Gasteiger partial charge in [0.25, 0.3) is 5.91 Å². The summed E-state index contributed by atoms with van der Waals surface area (Å²) in [5.74, 6) is 1.35. The second-order valence-electron chi connectivity index (χ2n) is 6.75. The van der Waals surface area contributed by atoms with E-state index in [1.54, 1.807) is 18.3 Å². The smallest absolute Gasteiger partial charge is 0.255 e. The van der Waals surface area contributed by atoms with Gasteiger partial charge in [0.1, 0.15) is 11.6 Å². The zero-order valence-corrected chi connectivity index (χ0v) is 15.8. The predicted molar refractivity (Wildman–Crippen MR) is 111 cm³/mol. The van der Waals surface area contributed by atoms with Crippen LogP contribution in [-0.4, -0.2) is 35.0 Å². The van der Waals surface area contributed by atoms with Crippen molar-refractivity contribution in [2.24, 2.45) is 0 Å².